The van der Waals surface area contributed by atoms with Gasteiger partial charge in [-0.05, 0) is 71.2 Å². The first kappa shape index (κ1) is 22.5. The van der Waals surface area contributed by atoms with Crippen molar-refractivity contribution in [1.82, 2.24) is 14.9 Å². The molecule has 0 N–H and O–H groups in total. The first-order valence-electron chi connectivity index (χ1n) is 10.9. The van der Waals surface area contributed by atoms with E-state index < -0.39 is 11.1 Å². The molecule has 1 unspecified atom stereocenters. The van der Waals surface area contributed by atoms with Gasteiger partial charge in [0, 0.05) is 35.8 Å². The molecule has 7 nitrogen and oxygen atoms in total. The molecule has 1 fully saturated rings. The van der Waals surface area contributed by atoms with Crippen molar-refractivity contribution >= 4 is 29.4 Å². The minimum Gasteiger partial charge on any atom is -0.444 e. The molecular weight excluding hydrogens is 428 g/mol. The van der Waals surface area contributed by atoms with Gasteiger partial charge in [-0.2, -0.15) is 0 Å². The molecule has 2 aromatic rings. The SMILES string of the molecule is CC(C)(C)OC(=O)N1CCCC(c2cncc(N3C(=O)c4ccc(Cl)cc4C3(C)C)n2)C1. The lowest BCUT2D eigenvalue weighted by atomic mass is 9.93. The average Bonchev–Trinajstić information content (AvgIpc) is 2.92. The van der Waals surface area contributed by atoms with E-state index in [2.05, 4.69) is 4.98 Å². The molecule has 0 saturated carbocycles. The zero-order valence-corrected chi connectivity index (χ0v) is 19.9. The molecule has 1 atom stereocenters. The Balaban J connectivity index is 1.59. The molecule has 32 heavy (non-hydrogen) atoms. The van der Waals surface area contributed by atoms with E-state index in [0.717, 1.165) is 24.1 Å². The summed E-state index contributed by atoms with van der Waals surface area (Å²) in [6, 6.07) is 5.33. The number of nitrogens with zero attached hydrogens (tertiary/aromatic N) is 4. The van der Waals surface area contributed by atoms with E-state index in [-0.39, 0.29) is 17.9 Å². The highest BCUT2D eigenvalue weighted by Gasteiger charge is 2.45. The Morgan fingerprint density at radius 1 is 1.25 bits per heavy atom. The number of aromatic nitrogens is 2. The number of anilines is 1. The fourth-order valence-electron chi connectivity index (χ4n) is 4.48. The quantitative estimate of drug-likeness (QED) is 0.625. The van der Waals surface area contributed by atoms with Crippen LogP contribution in [0, 0.1) is 0 Å². The first-order valence-corrected chi connectivity index (χ1v) is 11.3. The molecule has 4 rings (SSSR count). The normalized spacial score (nSPS) is 20.3. The molecule has 8 heteroatoms. The van der Waals surface area contributed by atoms with Gasteiger partial charge < -0.3 is 9.64 Å². The van der Waals surface area contributed by atoms with E-state index in [1.54, 1.807) is 34.3 Å². The molecule has 1 saturated heterocycles. The zero-order chi connectivity index (χ0) is 23.3. The number of carbonyl (C=O) groups excluding carboxylic acids is 2. The third kappa shape index (κ3) is 4.18. The predicted molar refractivity (Wildman–Crippen MR) is 123 cm³/mol. The molecule has 2 aliphatic heterocycles. The maximum atomic E-state index is 13.2. The lowest BCUT2D eigenvalue weighted by Crippen LogP contribution is -2.42. The third-order valence-electron chi connectivity index (χ3n) is 5.99. The van der Waals surface area contributed by atoms with Gasteiger partial charge >= 0.3 is 6.09 Å². The summed E-state index contributed by atoms with van der Waals surface area (Å²) in [4.78, 5) is 38.4. The number of carbonyl (C=O) groups is 2. The summed E-state index contributed by atoms with van der Waals surface area (Å²) in [7, 11) is 0. The van der Waals surface area contributed by atoms with Crippen molar-refractivity contribution in [2.45, 2.75) is 64.5 Å². The standard InChI is InChI=1S/C24H29ClN4O3/c1-23(2,3)32-22(31)28-10-6-7-15(14-28)19-12-26-13-20(27-19)29-21(30)17-9-8-16(25)11-18(17)24(29,4)5/h8-9,11-13,15H,6-7,10,14H2,1-5H3. The van der Waals surface area contributed by atoms with Crippen LogP contribution in [-0.2, 0) is 10.3 Å². The molecule has 3 heterocycles. The Labute approximate surface area is 193 Å². The van der Waals surface area contributed by atoms with Gasteiger partial charge in [-0.25, -0.2) is 9.78 Å². The predicted octanol–water partition coefficient (Wildman–Crippen LogP) is 5.14. The second-order valence-corrected chi connectivity index (χ2v) is 10.4. The maximum absolute atomic E-state index is 13.2. The second-order valence-electron chi connectivity index (χ2n) is 9.96. The molecule has 170 valence electrons. The monoisotopic (exact) mass is 456 g/mol. The Bertz CT molecular complexity index is 1060. The van der Waals surface area contributed by atoms with Gasteiger partial charge in [0.1, 0.15) is 5.60 Å². The van der Waals surface area contributed by atoms with Crippen LogP contribution in [0.3, 0.4) is 0 Å². The van der Waals surface area contributed by atoms with Crippen LogP contribution in [0.25, 0.3) is 0 Å². The van der Waals surface area contributed by atoms with Gasteiger partial charge in [0.2, 0.25) is 0 Å². The van der Waals surface area contributed by atoms with Gasteiger partial charge in [0.05, 0.1) is 17.4 Å². The molecule has 0 spiro atoms. The molecule has 2 aliphatic rings. The van der Waals surface area contributed by atoms with Crippen molar-refractivity contribution in [3.05, 3.63) is 52.4 Å². The highest BCUT2D eigenvalue weighted by molar-refractivity contribution is 6.31. The third-order valence-corrected chi connectivity index (χ3v) is 6.23. The fraction of sp³-hybridized carbons (Fsp3) is 0.500. The van der Waals surface area contributed by atoms with Crippen LogP contribution in [0.5, 0.6) is 0 Å². The number of piperidine rings is 1. The molecule has 1 aromatic carbocycles. The number of ether oxygens (including phenoxy) is 1. The number of benzene rings is 1. The van der Waals surface area contributed by atoms with E-state index in [9.17, 15) is 9.59 Å². The average molecular weight is 457 g/mol. The van der Waals surface area contributed by atoms with Crippen LogP contribution < -0.4 is 4.90 Å². The Hall–Kier alpha value is -2.67. The van der Waals surface area contributed by atoms with E-state index in [1.807, 2.05) is 40.7 Å². The van der Waals surface area contributed by atoms with E-state index in [0.29, 0.717) is 29.5 Å². The van der Waals surface area contributed by atoms with Gasteiger partial charge in [0.25, 0.3) is 5.91 Å². The molecule has 0 bridgehead atoms. The summed E-state index contributed by atoms with van der Waals surface area (Å²) in [6.07, 6.45) is 4.78. The number of hydrogen-bond donors (Lipinski definition) is 0. The molecule has 0 aliphatic carbocycles. The number of fused-ring (bicyclic) bond motifs is 1. The minimum atomic E-state index is -0.611. The van der Waals surface area contributed by atoms with E-state index in [1.165, 1.54) is 0 Å². The number of likely N-dealkylation sites (tertiary alicyclic amines) is 1. The summed E-state index contributed by atoms with van der Waals surface area (Å²) in [6.45, 7) is 10.7. The minimum absolute atomic E-state index is 0.0290. The van der Waals surface area contributed by atoms with Gasteiger partial charge in [-0.15, -0.1) is 0 Å². The summed E-state index contributed by atoms with van der Waals surface area (Å²) < 4.78 is 5.54. The maximum Gasteiger partial charge on any atom is 0.410 e. The first-order chi connectivity index (χ1) is 15.0. The second kappa shape index (κ2) is 8.03. The highest BCUT2D eigenvalue weighted by Crippen LogP contribution is 2.42. The van der Waals surface area contributed by atoms with E-state index >= 15 is 0 Å². The fourth-order valence-corrected chi connectivity index (χ4v) is 4.65. The van der Waals surface area contributed by atoms with Gasteiger partial charge in [-0.3, -0.25) is 14.7 Å². The molecule has 0 radical (unpaired) electrons. The van der Waals surface area contributed by atoms with Crippen molar-refractivity contribution < 1.29 is 14.3 Å². The number of hydrogen-bond acceptors (Lipinski definition) is 5. The summed E-state index contributed by atoms with van der Waals surface area (Å²) in [5, 5.41) is 0.593. The zero-order valence-electron chi connectivity index (χ0n) is 19.2. The topological polar surface area (TPSA) is 75.6 Å². The van der Waals surface area contributed by atoms with Crippen LogP contribution in [0.1, 0.15) is 75.0 Å². The van der Waals surface area contributed by atoms with Crippen LogP contribution in [0.2, 0.25) is 5.02 Å². The van der Waals surface area contributed by atoms with Crippen LogP contribution in [-0.4, -0.2) is 45.6 Å². The Morgan fingerprint density at radius 3 is 2.72 bits per heavy atom. The summed E-state index contributed by atoms with van der Waals surface area (Å²) in [5.41, 5.74) is 1.12. The van der Waals surface area contributed by atoms with Crippen LogP contribution in [0.4, 0.5) is 10.6 Å². The van der Waals surface area contributed by atoms with Crippen molar-refractivity contribution in [3.8, 4) is 0 Å². The highest BCUT2D eigenvalue weighted by atomic mass is 35.5. The lowest BCUT2D eigenvalue weighted by Gasteiger charge is -2.34. The Kier molecular flexibility index (Phi) is 5.65. The Morgan fingerprint density at radius 2 is 2.00 bits per heavy atom. The van der Waals surface area contributed by atoms with Gasteiger partial charge in [-0.1, -0.05) is 11.6 Å². The smallest absolute Gasteiger partial charge is 0.410 e. The number of halogens is 1. The van der Waals surface area contributed by atoms with E-state index in [4.69, 9.17) is 21.3 Å². The van der Waals surface area contributed by atoms with Crippen molar-refractivity contribution in [2.75, 3.05) is 18.0 Å². The van der Waals surface area contributed by atoms with Crippen molar-refractivity contribution in [2.24, 2.45) is 0 Å². The van der Waals surface area contributed by atoms with Crippen molar-refractivity contribution in [3.63, 3.8) is 0 Å². The summed E-state index contributed by atoms with van der Waals surface area (Å²) >= 11 is 6.20. The van der Waals surface area contributed by atoms with Gasteiger partial charge in [0.15, 0.2) is 5.82 Å². The molecule has 2 amide bonds. The molecule has 1 aromatic heterocycles. The summed E-state index contributed by atoms with van der Waals surface area (Å²) in [5.74, 6) is 0.410. The number of amides is 2. The molecular formula is C24H29ClN4O3. The van der Waals surface area contributed by atoms with Crippen LogP contribution in [0.15, 0.2) is 30.6 Å². The lowest BCUT2D eigenvalue weighted by molar-refractivity contribution is 0.0197. The largest absolute Gasteiger partial charge is 0.444 e. The number of rotatable bonds is 2. The van der Waals surface area contributed by atoms with Crippen LogP contribution >= 0.6 is 11.6 Å². The van der Waals surface area contributed by atoms with Crippen molar-refractivity contribution in [1.29, 1.82) is 0 Å².